The predicted octanol–water partition coefficient (Wildman–Crippen LogP) is 2.92. The van der Waals surface area contributed by atoms with Crippen LogP contribution in [0, 0.1) is 0 Å². The van der Waals surface area contributed by atoms with Gasteiger partial charge in [0.2, 0.25) is 0 Å². The fourth-order valence-electron chi connectivity index (χ4n) is 3.96. The van der Waals surface area contributed by atoms with Gasteiger partial charge in [-0.2, -0.15) is 0 Å². The molecule has 5 nitrogen and oxygen atoms in total. The van der Waals surface area contributed by atoms with Crippen molar-refractivity contribution in [2.24, 2.45) is 0 Å². The molecule has 23 heavy (non-hydrogen) atoms. The third kappa shape index (κ3) is 2.58. The minimum atomic E-state index is -0.486. The molecule has 2 aliphatic rings. The highest BCUT2D eigenvalue weighted by Gasteiger charge is 2.52. The molecule has 0 N–H and O–H groups in total. The number of hydrogen-bond acceptors (Lipinski definition) is 4. The Morgan fingerprint density at radius 3 is 2.96 bits per heavy atom. The van der Waals surface area contributed by atoms with Gasteiger partial charge in [-0.25, -0.2) is 4.79 Å². The van der Waals surface area contributed by atoms with Crippen LogP contribution >= 0.6 is 0 Å². The number of carbonyl (C=O) groups excluding carboxylic acids is 2. The molecule has 1 amide bonds. The number of carbonyl (C=O) groups is 2. The molecule has 124 valence electrons. The third-order valence-electron chi connectivity index (χ3n) is 5.14. The van der Waals surface area contributed by atoms with Crippen molar-refractivity contribution in [3.63, 3.8) is 0 Å². The zero-order valence-electron chi connectivity index (χ0n) is 13.7. The fraction of sp³-hybridized carbons (Fsp3) is 0.556. The van der Waals surface area contributed by atoms with E-state index < -0.39 is 5.41 Å². The van der Waals surface area contributed by atoms with Crippen molar-refractivity contribution < 1.29 is 19.1 Å². The monoisotopic (exact) mass is 317 g/mol. The van der Waals surface area contributed by atoms with Crippen LogP contribution < -0.4 is 4.74 Å². The van der Waals surface area contributed by atoms with Crippen LogP contribution in [0.1, 0.15) is 38.2 Å². The lowest BCUT2D eigenvalue weighted by atomic mass is 9.62. The number of fused-ring (bicyclic) bond motifs is 2. The number of Topliss-reactive ketones (excluding diaryl/α,β-unsaturated/α-hetero) is 1. The first-order valence-corrected chi connectivity index (χ1v) is 8.24. The highest BCUT2D eigenvalue weighted by molar-refractivity contribution is 5.98. The van der Waals surface area contributed by atoms with E-state index in [0.29, 0.717) is 19.6 Å². The van der Waals surface area contributed by atoms with Gasteiger partial charge in [-0.1, -0.05) is 12.1 Å². The number of nitrogens with zero attached hydrogens (tertiary/aromatic N) is 1. The minimum Gasteiger partial charge on any atom is -0.497 e. The van der Waals surface area contributed by atoms with Crippen molar-refractivity contribution >= 4 is 11.9 Å². The average Bonchev–Trinajstić information content (AvgIpc) is 2.55. The Labute approximate surface area is 136 Å². The molecule has 1 heterocycles. The van der Waals surface area contributed by atoms with Gasteiger partial charge in [0.1, 0.15) is 5.75 Å². The van der Waals surface area contributed by atoms with Crippen molar-refractivity contribution in [1.29, 1.82) is 0 Å². The largest absolute Gasteiger partial charge is 0.497 e. The molecule has 2 fully saturated rings. The van der Waals surface area contributed by atoms with Crippen LogP contribution in [0.3, 0.4) is 0 Å². The van der Waals surface area contributed by atoms with E-state index in [2.05, 4.69) is 0 Å². The molecule has 1 aromatic rings. The molecule has 1 aliphatic carbocycles. The number of benzene rings is 1. The Kier molecular flexibility index (Phi) is 4.28. The van der Waals surface area contributed by atoms with Crippen molar-refractivity contribution in [2.45, 2.75) is 44.1 Å². The van der Waals surface area contributed by atoms with E-state index in [0.717, 1.165) is 30.6 Å². The van der Waals surface area contributed by atoms with E-state index in [-0.39, 0.29) is 17.9 Å². The van der Waals surface area contributed by atoms with Gasteiger partial charge in [-0.3, -0.25) is 9.69 Å². The SMILES string of the molecule is CCOC(=O)N1CC[C@@]2(c3cccc(OC)c3)CCC[C@@H]1C2=O. The molecule has 2 bridgehead atoms. The zero-order chi connectivity index (χ0) is 16.4. The smallest absolute Gasteiger partial charge is 0.410 e. The molecule has 0 spiro atoms. The summed E-state index contributed by atoms with van der Waals surface area (Å²) in [6.45, 7) is 2.68. The van der Waals surface area contributed by atoms with Crippen molar-refractivity contribution in [3.05, 3.63) is 29.8 Å². The lowest BCUT2D eigenvalue weighted by Crippen LogP contribution is -2.60. The number of amides is 1. The quantitative estimate of drug-likeness (QED) is 0.860. The Hall–Kier alpha value is -2.04. The fourth-order valence-corrected chi connectivity index (χ4v) is 3.96. The highest BCUT2D eigenvalue weighted by Crippen LogP contribution is 2.45. The zero-order valence-corrected chi connectivity index (χ0v) is 13.7. The van der Waals surface area contributed by atoms with Gasteiger partial charge >= 0.3 is 6.09 Å². The van der Waals surface area contributed by atoms with E-state index >= 15 is 0 Å². The van der Waals surface area contributed by atoms with Gasteiger partial charge in [0.25, 0.3) is 0 Å². The number of rotatable bonds is 3. The van der Waals surface area contributed by atoms with Crippen molar-refractivity contribution in [3.8, 4) is 5.75 Å². The van der Waals surface area contributed by atoms with E-state index in [4.69, 9.17) is 9.47 Å². The maximum Gasteiger partial charge on any atom is 0.410 e. The summed E-state index contributed by atoms with van der Waals surface area (Å²) in [5, 5.41) is 0. The summed E-state index contributed by atoms with van der Waals surface area (Å²) >= 11 is 0. The standard InChI is InChI=1S/C18H23NO4/c1-3-23-17(21)19-11-10-18(9-5-8-15(19)16(18)20)13-6-4-7-14(12-13)22-2/h4,6-7,12,15H,3,5,8-11H2,1-2H3/t15-,18-/m1/s1. The molecular weight excluding hydrogens is 294 g/mol. The number of ketones is 1. The van der Waals surface area contributed by atoms with Gasteiger partial charge in [-0.05, 0) is 50.3 Å². The molecule has 0 radical (unpaired) electrons. The van der Waals surface area contributed by atoms with E-state index in [1.54, 1.807) is 18.9 Å². The topological polar surface area (TPSA) is 55.8 Å². The lowest BCUT2D eigenvalue weighted by molar-refractivity contribution is -0.136. The number of hydrogen-bond donors (Lipinski definition) is 0. The summed E-state index contributed by atoms with van der Waals surface area (Å²) in [5.74, 6) is 0.913. The number of ether oxygens (including phenoxy) is 2. The van der Waals surface area contributed by atoms with Crippen LogP contribution in [0.4, 0.5) is 4.79 Å². The Morgan fingerprint density at radius 2 is 2.22 bits per heavy atom. The van der Waals surface area contributed by atoms with Crippen LogP contribution in [0.15, 0.2) is 24.3 Å². The minimum absolute atomic E-state index is 0.149. The van der Waals surface area contributed by atoms with Gasteiger partial charge in [0.05, 0.1) is 25.2 Å². The van der Waals surface area contributed by atoms with Crippen LogP contribution in [0.2, 0.25) is 0 Å². The van der Waals surface area contributed by atoms with Gasteiger partial charge in [0, 0.05) is 6.54 Å². The molecule has 0 unspecified atom stereocenters. The molecular formula is C18H23NO4. The third-order valence-corrected chi connectivity index (χ3v) is 5.14. The molecule has 1 aliphatic heterocycles. The molecule has 1 saturated carbocycles. The summed E-state index contributed by atoms with van der Waals surface area (Å²) in [5.41, 5.74) is 0.524. The average molecular weight is 317 g/mol. The van der Waals surface area contributed by atoms with Crippen molar-refractivity contribution in [2.75, 3.05) is 20.3 Å². The summed E-state index contributed by atoms with van der Waals surface area (Å²) in [6, 6.07) is 7.42. The maximum atomic E-state index is 13.2. The summed E-state index contributed by atoms with van der Waals surface area (Å²) in [4.78, 5) is 26.9. The number of likely N-dealkylation sites (tertiary alicyclic amines) is 1. The molecule has 1 saturated heterocycles. The molecule has 0 aromatic heterocycles. The normalized spacial score (nSPS) is 26.8. The van der Waals surface area contributed by atoms with Gasteiger partial charge in [0.15, 0.2) is 5.78 Å². The van der Waals surface area contributed by atoms with Gasteiger partial charge < -0.3 is 9.47 Å². The second-order valence-corrected chi connectivity index (χ2v) is 6.23. The second-order valence-electron chi connectivity index (χ2n) is 6.23. The number of piperidine rings is 1. The lowest BCUT2D eigenvalue weighted by Gasteiger charge is -2.48. The first kappa shape index (κ1) is 15.8. The summed E-state index contributed by atoms with van der Waals surface area (Å²) in [6.07, 6.45) is 2.78. The highest BCUT2D eigenvalue weighted by atomic mass is 16.6. The van der Waals surface area contributed by atoms with Gasteiger partial charge in [-0.15, -0.1) is 0 Å². The second kappa shape index (κ2) is 6.22. The number of methoxy groups -OCH3 is 1. The predicted molar refractivity (Wildman–Crippen MR) is 85.7 cm³/mol. The Balaban J connectivity index is 1.92. The van der Waals surface area contributed by atoms with E-state index in [1.165, 1.54) is 0 Å². The summed E-state index contributed by atoms with van der Waals surface area (Å²) in [7, 11) is 1.63. The van der Waals surface area contributed by atoms with Crippen LogP contribution in [-0.4, -0.2) is 43.1 Å². The molecule has 5 heteroatoms. The van der Waals surface area contributed by atoms with E-state index in [1.807, 2.05) is 24.3 Å². The first-order chi connectivity index (χ1) is 11.1. The maximum absolute atomic E-state index is 13.2. The Bertz CT molecular complexity index is 615. The molecule has 2 atom stereocenters. The molecule has 3 rings (SSSR count). The summed E-state index contributed by atoms with van der Waals surface area (Å²) < 4.78 is 10.4. The Morgan fingerprint density at radius 1 is 1.39 bits per heavy atom. The van der Waals surface area contributed by atoms with Crippen LogP contribution in [-0.2, 0) is 14.9 Å². The van der Waals surface area contributed by atoms with Crippen molar-refractivity contribution in [1.82, 2.24) is 4.90 Å². The van der Waals surface area contributed by atoms with Crippen LogP contribution in [0.25, 0.3) is 0 Å². The molecule has 1 aromatic carbocycles. The van der Waals surface area contributed by atoms with E-state index in [9.17, 15) is 9.59 Å². The first-order valence-electron chi connectivity index (χ1n) is 8.24. The van der Waals surface area contributed by atoms with Crippen LogP contribution in [0.5, 0.6) is 5.75 Å².